The van der Waals surface area contributed by atoms with Gasteiger partial charge in [-0.2, -0.15) is 5.10 Å². The Morgan fingerprint density at radius 3 is 2.62 bits per heavy atom. The summed E-state index contributed by atoms with van der Waals surface area (Å²) < 4.78 is 0.909. The topological polar surface area (TPSA) is 96.7 Å². The summed E-state index contributed by atoms with van der Waals surface area (Å²) in [6.07, 6.45) is 0. The van der Waals surface area contributed by atoms with Crippen LogP contribution in [0.1, 0.15) is 28.6 Å². The quantitative estimate of drug-likeness (QED) is 0.598. The Hall–Kier alpha value is -2.51. The first-order valence-corrected chi connectivity index (χ1v) is 9.01. The molecule has 0 saturated carbocycles. The van der Waals surface area contributed by atoms with Gasteiger partial charge < -0.3 is 11.1 Å². The van der Waals surface area contributed by atoms with Crippen molar-refractivity contribution in [3.8, 4) is 11.4 Å². The zero-order valence-electron chi connectivity index (χ0n) is 14.6. The monoisotopic (exact) mass is 413 g/mol. The fourth-order valence-electron chi connectivity index (χ4n) is 2.76. The fraction of sp³-hybridized carbons (Fsp3) is 0.211. The van der Waals surface area contributed by atoms with Crippen LogP contribution in [0.2, 0.25) is 0 Å². The normalized spacial score (nSPS) is 12.0. The fourth-order valence-corrected chi connectivity index (χ4v) is 3.22. The number of halogens is 1. The van der Waals surface area contributed by atoms with E-state index in [4.69, 9.17) is 5.73 Å². The van der Waals surface area contributed by atoms with Crippen molar-refractivity contribution in [3.05, 3.63) is 69.5 Å². The van der Waals surface area contributed by atoms with Gasteiger partial charge in [-0.1, -0.05) is 57.4 Å². The summed E-state index contributed by atoms with van der Waals surface area (Å²) in [7, 11) is 0. The Morgan fingerprint density at radius 1 is 1.23 bits per heavy atom. The number of rotatable bonds is 5. The van der Waals surface area contributed by atoms with Crippen LogP contribution in [0, 0.1) is 13.8 Å². The van der Waals surface area contributed by atoms with Crippen LogP contribution in [-0.2, 0) is 11.3 Å². The highest BCUT2D eigenvalue weighted by molar-refractivity contribution is 9.10. The molecule has 0 aliphatic rings. The Bertz CT molecular complexity index is 917. The first kappa shape index (κ1) is 18.3. The second kappa shape index (κ2) is 7.80. The third-order valence-corrected chi connectivity index (χ3v) is 4.65. The molecule has 0 aliphatic carbocycles. The molecule has 2 aromatic carbocycles. The van der Waals surface area contributed by atoms with Crippen molar-refractivity contribution in [2.45, 2.75) is 26.4 Å². The largest absolute Gasteiger partial charge is 0.347 e. The maximum absolute atomic E-state index is 12.4. The molecule has 1 atom stereocenters. The molecule has 7 heteroatoms. The SMILES string of the molecule is Cc1cc(C)cc(C(N)C(=O)NCc2nc(-c3ccccc3Br)n[nH]2)c1. The molecule has 26 heavy (non-hydrogen) atoms. The molecule has 0 spiro atoms. The molecule has 6 nitrogen and oxygen atoms in total. The van der Waals surface area contributed by atoms with Crippen molar-refractivity contribution in [2.75, 3.05) is 0 Å². The Morgan fingerprint density at radius 2 is 1.92 bits per heavy atom. The van der Waals surface area contributed by atoms with Crippen molar-refractivity contribution in [3.63, 3.8) is 0 Å². The Labute approximate surface area is 160 Å². The number of aromatic amines is 1. The Kier molecular flexibility index (Phi) is 5.49. The molecular weight excluding hydrogens is 394 g/mol. The van der Waals surface area contributed by atoms with E-state index >= 15 is 0 Å². The molecule has 0 aliphatic heterocycles. The van der Waals surface area contributed by atoms with Crippen LogP contribution < -0.4 is 11.1 Å². The lowest BCUT2D eigenvalue weighted by molar-refractivity contribution is -0.122. The van der Waals surface area contributed by atoms with Crippen molar-refractivity contribution in [1.29, 1.82) is 0 Å². The average molecular weight is 414 g/mol. The first-order valence-electron chi connectivity index (χ1n) is 8.21. The number of benzene rings is 2. The van der Waals surface area contributed by atoms with E-state index in [0.29, 0.717) is 11.6 Å². The van der Waals surface area contributed by atoms with Crippen LogP contribution in [0.3, 0.4) is 0 Å². The molecule has 0 radical (unpaired) electrons. The van der Waals surface area contributed by atoms with Gasteiger partial charge in [0.1, 0.15) is 11.9 Å². The van der Waals surface area contributed by atoms with Gasteiger partial charge in [0.05, 0.1) is 6.54 Å². The van der Waals surface area contributed by atoms with Crippen LogP contribution in [0.5, 0.6) is 0 Å². The lowest BCUT2D eigenvalue weighted by Crippen LogP contribution is -2.34. The van der Waals surface area contributed by atoms with Gasteiger partial charge in [0, 0.05) is 10.0 Å². The maximum Gasteiger partial charge on any atom is 0.241 e. The minimum absolute atomic E-state index is 0.231. The van der Waals surface area contributed by atoms with Crippen LogP contribution in [0.4, 0.5) is 0 Å². The number of amides is 1. The third kappa shape index (κ3) is 4.17. The van der Waals surface area contributed by atoms with E-state index < -0.39 is 6.04 Å². The van der Waals surface area contributed by atoms with Crippen molar-refractivity contribution >= 4 is 21.8 Å². The van der Waals surface area contributed by atoms with Gasteiger partial charge in [-0.25, -0.2) is 4.98 Å². The van der Waals surface area contributed by atoms with Gasteiger partial charge in [-0.05, 0) is 31.5 Å². The number of carbonyl (C=O) groups excluding carboxylic acids is 1. The van der Waals surface area contributed by atoms with E-state index in [-0.39, 0.29) is 12.5 Å². The van der Waals surface area contributed by atoms with E-state index in [1.54, 1.807) is 0 Å². The zero-order valence-corrected chi connectivity index (χ0v) is 16.2. The van der Waals surface area contributed by atoms with Gasteiger partial charge in [-0.15, -0.1) is 0 Å². The van der Waals surface area contributed by atoms with Crippen LogP contribution in [0.15, 0.2) is 46.9 Å². The second-order valence-electron chi connectivity index (χ2n) is 6.20. The summed E-state index contributed by atoms with van der Waals surface area (Å²) in [5, 5.41) is 9.86. The number of hydrogen-bond acceptors (Lipinski definition) is 4. The molecule has 1 aromatic heterocycles. The van der Waals surface area contributed by atoms with Gasteiger partial charge in [0.15, 0.2) is 5.82 Å². The number of hydrogen-bond donors (Lipinski definition) is 3. The molecule has 1 amide bonds. The molecular formula is C19H20BrN5O. The summed E-state index contributed by atoms with van der Waals surface area (Å²) in [4.78, 5) is 16.8. The number of nitrogens with two attached hydrogens (primary N) is 1. The second-order valence-corrected chi connectivity index (χ2v) is 7.06. The molecule has 3 rings (SSSR count). The van der Waals surface area contributed by atoms with Crippen LogP contribution in [-0.4, -0.2) is 21.1 Å². The number of H-pyrrole nitrogens is 1. The van der Waals surface area contributed by atoms with Crippen LogP contribution >= 0.6 is 15.9 Å². The van der Waals surface area contributed by atoms with E-state index in [1.807, 2.05) is 56.3 Å². The summed E-state index contributed by atoms with van der Waals surface area (Å²) in [6, 6.07) is 12.9. The maximum atomic E-state index is 12.4. The molecule has 1 unspecified atom stereocenters. The first-order chi connectivity index (χ1) is 12.4. The van der Waals surface area contributed by atoms with Gasteiger partial charge in [-0.3, -0.25) is 9.89 Å². The van der Waals surface area contributed by atoms with Crippen molar-refractivity contribution in [2.24, 2.45) is 5.73 Å². The molecule has 3 aromatic rings. The van der Waals surface area contributed by atoms with Crippen LogP contribution in [0.25, 0.3) is 11.4 Å². The predicted octanol–water partition coefficient (Wildman–Crippen LogP) is 3.17. The summed E-state index contributed by atoms with van der Waals surface area (Å²) in [6.45, 7) is 4.20. The number of nitrogens with zero attached hydrogens (tertiary/aromatic N) is 2. The number of aryl methyl sites for hydroxylation is 2. The summed E-state index contributed by atoms with van der Waals surface area (Å²) in [5.74, 6) is 0.880. The van der Waals surface area contributed by atoms with E-state index in [0.717, 1.165) is 26.7 Å². The highest BCUT2D eigenvalue weighted by Gasteiger charge is 2.17. The summed E-state index contributed by atoms with van der Waals surface area (Å²) in [5.41, 5.74) is 9.93. The van der Waals surface area contributed by atoms with E-state index in [1.165, 1.54) is 0 Å². The molecule has 0 fully saturated rings. The predicted molar refractivity (Wildman–Crippen MR) is 104 cm³/mol. The number of nitrogens with one attached hydrogen (secondary N) is 2. The molecule has 1 heterocycles. The summed E-state index contributed by atoms with van der Waals surface area (Å²) >= 11 is 3.48. The zero-order chi connectivity index (χ0) is 18.7. The lowest BCUT2D eigenvalue weighted by atomic mass is 10.0. The molecule has 134 valence electrons. The minimum Gasteiger partial charge on any atom is -0.347 e. The van der Waals surface area contributed by atoms with Crippen molar-refractivity contribution in [1.82, 2.24) is 20.5 Å². The van der Waals surface area contributed by atoms with Gasteiger partial charge in [0.2, 0.25) is 5.91 Å². The lowest BCUT2D eigenvalue weighted by Gasteiger charge is -2.13. The Balaban J connectivity index is 1.66. The molecule has 0 bridgehead atoms. The highest BCUT2D eigenvalue weighted by Crippen LogP contribution is 2.24. The van der Waals surface area contributed by atoms with E-state index in [2.05, 4.69) is 36.4 Å². The van der Waals surface area contributed by atoms with Gasteiger partial charge >= 0.3 is 0 Å². The highest BCUT2D eigenvalue weighted by atomic mass is 79.9. The van der Waals surface area contributed by atoms with E-state index in [9.17, 15) is 4.79 Å². The standard InChI is InChI=1S/C19H20BrN5O/c1-11-7-12(2)9-13(8-11)17(21)19(26)22-10-16-23-18(25-24-16)14-5-3-4-6-15(14)20/h3-9,17H,10,21H2,1-2H3,(H,22,26)(H,23,24,25). The smallest absolute Gasteiger partial charge is 0.241 e. The van der Waals surface area contributed by atoms with Gasteiger partial charge in [0.25, 0.3) is 0 Å². The minimum atomic E-state index is -0.723. The number of carbonyl (C=O) groups is 1. The third-order valence-electron chi connectivity index (χ3n) is 3.96. The van der Waals surface area contributed by atoms with Crippen molar-refractivity contribution < 1.29 is 4.79 Å². The molecule has 0 saturated heterocycles. The number of aromatic nitrogens is 3. The molecule has 4 N–H and O–H groups in total. The average Bonchev–Trinajstić information content (AvgIpc) is 3.07.